The average molecular weight is 250 g/mol. The average Bonchev–Trinajstić information content (AvgIpc) is 2.91. The van der Waals surface area contributed by atoms with E-state index in [0.29, 0.717) is 26.2 Å². The molecule has 1 aromatic rings. The zero-order valence-corrected chi connectivity index (χ0v) is 10.3. The standard InChI is InChI=1S/C12H14N2O2S/c1-2-11(15)13-4-6-14(7-5-13)12(16)10-3-8-17-9-10/h2-3,8-9H,1,4-7H2. The Morgan fingerprint density at radius 2 is 1.88 bits per heavy atom. The molecule has 1 aliphatic rings. The van der Waals surface area contributed by atoms with Gasteiger partial charge in [0, 0.05) is 31.6 Å². The molecule has 0 aliphatic carbocycles. The van der Waals surface area contributed by atoms with Crippen LogP contribution in [0.5, 0.6) is 0 Å². The minimum atomic E-state index is -0.0624. The van der Waals surface area contributed by atoms with Gasteiger partial charge in [0.2, 0.25) is 5.91 Å². The Balaban J connectivity index is 1.93. The number of carbonyl (C=O) groups excluding carboxylic acids is 2. The van der Waals surface area contributed by atoms with Gasteiger partial charge in [0.15, 0.2) is 0 Å². The molecule has 1 aliphatic heterocycles. The fraction of sp³-hybridized carbons (Fsp3) is 0.333. The monoisotopic (exact) mass is 250 g/mol. The van der Waals surface area contributed by atoms with Crippen LogP contribution in [-0.2, 0) is 4.79 Å². The lowest BCUT2D eigenvalue weighted by molar-refractivity contribution is -0.127. The second-order valence-electron chi connectivity index (χ2n) is 3.83. The molecule has 5 heteroatoms. The van der Waals surface area contributed by atoms with E-state index in [1.807, 2.05) is 16.8 Å². The lowest BCUT2D eigenvalue weighted by atomic mass is 10.2. The molecule has 2 amide bonds. The summed E-state index contributed by atoms with van der Waals surface area (Å²) in [6, 6.07) is 1.83. The molecule has 2 heterocycles. The van der Waals surface area contributed by atoms with Crippen molar-refractivity contribution in [3.05, 3.63) is 35.0 Å². The van der Waals surface area contributed by atoms with Gasteiger partial charge < -0.3 is 9.80 Å². The number of thiophene rings is 1. The molecule has 17 heavy (non-hydrogen) atoms. The summed E-state index contributed by atoms with van der Waals surface area (Å²) < 4.78 is 0. The van der Waals surface area contributed by atoms with Gasteiger partial charge in [-0.2, -0.15) is 11.3 Å². The van der Waals surface area contributed by atoms with Gasteiger partial charge in [-0.15, -0.1) is 0 Å². The SMILES string of the molecule is C=CC(=O)N1CCN(C(=O)c2ccsc2)CC1. The molecular weight excluding hydrogens is 236 g/mol. The molecule has 0 atom stereocenters. The first-order valence-corrected chi connectivity index (χ1v) is 6.39. The molecule has 90 valence electrons. The fourth-order valence-electron chi connectivity index (χ4n) is 1.83. The van der Waals surface area contributed by atoms with E-state index in [2.05, 4.69) is 6.58 Å². The summed E-state index contributed by atoms with van der Waals surface area (Å²) in [6.07, 6.45) is 1.32. The van der Waals surface area contributed by atoms with Crippen molar-refractivity contribution in [2.75, 3.05) is 26.2 Å². The first-order valence-electron chi connectivity index (χ1n) is 5.45. The summed E-state index contributed by atoms with van der Waals surface area (Å²) in [5.74, 6) is -0.00964. The molecule has 1 fully saturated rings. The van der Waals surface area contributed by atoms with Gasteiger partial charge in [-0.05, 0) is 17.5 Å². The quantitative estimate of drug-likeness (QED) is 0.740. The molecule has 1 saturated heterocycles. The number of rotatable bonds is 2. The summed E-state index contributed by atoms with van der Waals surface area (Å²) in [7, 11) is 0. The van der Waals surface area contributed by atoms with Crippen LogP contribution >= 0.6 is 11.3 Å². The zero-order chi connectivity index (χ0) is 12.3. The van der Waals surface area contributed by atoms with Gasteiger partial charge >= 0.3 is 0 Å². The van der Waals surface area contributed by atoms with Crippen LogP contribution in [0, 0.1) is 0 Å². The maximum absolute atomic E-state index is 12.0. The number of carbonyl (C=O) groups is 2. The van der Waals surface area contributed by atoms with E-state index in [1.165, 1.54) is 17.4 Å². The summed E-state index contributed by atoms with van der Waals surface area (Å²) in [5.41, 5.74) is 0.735. The van der Waals surface area contributed by atoms with Crippen molar-refractivity contribution in [1.29, 1.82) is 0 Å². The van der Waals surface area contributed by atoms with E-state index >= 15 is 0 Å². The summed E-state index contributed by atoms with van der Waals surface area (Å²) in [6.45, 7) is 5.81. The highest BCUT2D eigenvalue weighted by molar-refractivity contribution is 7.08. The van der Waals surface area contributed by atoms with Crippen molar-refractivity contribution < 1.29 is 9.59 Å². The van der Waals surface area contributed by atoms with Crippen LogP contribution in [0.3, 0.4) is 0 Å². The van der Waals surface area contributed by atoms with Crippen molar-refractivity contribution in [3.8, 4) is 0 Å². The van der Waals surface area contributed by atoms with Crippen molar-refractivity contribution in [1.82, 2.24) is 9.80 Å². The third kappa shape index (κ3) is 2.55. The van der Waals surface area contributed by atoms with Gasteiger partial charge in [-0.25, -0.2) is 0 Å². The number of hydrogen-bond donors (Lipinski definition) is 0. The van der Waals surface area contributed by atoms with Crippen LogP contribution in [0.25, 0.3) is 0 Å². The van der Waals surface area contributed by atoms with E-state index in [1.54, 1.807) is 9.80 Å². The van der Waals surface area contributed by atoms with E-state index < -0.39 is 0 Å². The molecule has 0 radical (unpaired) electrons. The molecule has 4 nitrogen and oxygen atoms in total. The molecule has 0 bridgehead atoms. The minimum absolute atomic E-state index is 0.0527. The Bertz CT molecular complexity index is 420. The summed E-state index contributed by atoms with van der Waals surface area (Å²) >= 11 is 1.52. The Morgan fingerprint density at radius 3 is 2.41 bits per heavy atom. The smallest absolute Gasteiger partial charge is 0.254 e. The Morgan fingerprint density at radius 1 is 1.24 bits per heavy atom. The number of amides is 2. The van der Waals surface area contributed by atoms with Gasteiger partial charge in [0.25, 0.3) is 5.91 Å². The molecule has 0 spiro atoms. The van der Waals surface area contributed by atoms with Gasteiger partial charge in [-0.1, -0.05) is 6.58 Å². The van der Waals surface area contributed by atoms with E-state index in [-0.39, 0.29) is 11.8 Å². The Hall–Kier alpha value is -1.62. The predicted octanol–water partition coefficient (Wildman–Crippen LogP) is 1.22. The maximum atomic E-state index is 12.0. The highest BCUT2D eigenvalue weighted by atomic mass is 32.1. The topological polar surface area (TPSA) is 40.6 Å². The van der Waals surface area contributed by atoms with E-state index in [0.717, 1.165) is 5.56 Å². The Kier molecular flexibility index (Phi) is 3.58. The highest BCUT2D eigenvalue weighted by Gasteiger charge is 2.23. The van der Waals surface area contributed by atoms with Crippen LogP contribution < -0.4 is 0 Å². The van der Waals surface area contributed by atoms with Gasteiger partial charge in [0.05, 0.1) is 5.56 Å². The second kappa shape index (κ2) is 5.14. The first kappa shape index (κ1) is 11.9. The molecule has 2 rings (SSSR count). The maximum Gasteiger partial charge on any atom is 0.254 e. The highest BCUT2D eigenvalue weighted by Crippen LogP contribution is 2.12. The van der Waals surface area contributed by atoms with Crippen molar-refractivity contribution in [3.63, 3.8) is 0 Å². The van der Waals surface area contributed by atoms with Crippen molar-refractivity contribution in [2.45, 2.75) is 0 Å². The Labute approximate surface area is 104 Å². The predicted molar refractivity (Wildman–Crippen MR) is 67.0 cm³/mol. The van der Waals surface area contributed by atoms with Crippen molar-refractivity contribution in [2.24, 2.45) is 0 Å². The summed E-state index contributed by atoms with van der Waals surface area (Å²) in [5, 5.41) is 3.74. The van der Waals surface area contributed by atoms with Gasteiger partial charge in [-0.3, -0.25) is 9.59 Å². The van der Waals surface area contributed by atoms with Gasteiger partial charge in [0.1, 0.15) is 0 Å². The molecule has 0 aromatic carbocycles. The van der Waals surface area contributed by atoms with Crippen LogP contribution in [0.15, 0.2) is 29.5 Å². The molecule has 0 saturated carbocycles. The lowest BCUT2D eigenvalue weighted by Crippen LogP contribution is -2.50. The third-order valence-corrected chi connectivity index (χ3v) is 3.50. The fourth-order valence-corrected chi connectivity index (χ4v) is 2.46. The number of hydrogen-bond acceptors (Lipinski definition) is 3. The third-order valence-electron chi connectivity index (χ3n) is 2.82. The number of piperazine rings is 1. The second-order valence-corrected chi connectivity index (χ2v) is 4.61. The summed E-state index contributed by atoms with van der Waals surface area (Å²) in [4.78, 5) is 26.9. The van der Waals surface area contributed by atoms with Crippen LogP contribution in [-0.4, -0.2) is 47.8 Å². The largest absolute Gasteiger partial charge is 0.336 e. The molecule has 0 unspecified atom stereocenters. The minimum Gasteiger partial charge on any atom is -0.336 e. The number of nitrogens with zero attached hydrogens (tertiary/aromatic N) is 2. The molecule has 0 N–H and O–H groups in total. The molecule has 1 aromatic heterocycles. The van der Waals surface area contributed by atoms with E-state index in [4.69, 9.17) is 0 Å². The zero-order valence-electron chi connectivity index (χ0n) is 9.46. The van der Waals surface area contributed by atoms with Crippen LogP contribution in [0.2, 0.25) is 0 Å². The molecular formula is C12H14N2O2S. The van der Waals surface area contributed by atoms with Crippen LogP contribution in [0.1, 0.15) is 10.4 Å². The van der Waals surface area contributed by atoms with Crippen molar-refractivity contribution >= 4 is 23.2 Å². The lowest BCUT2D eigenvalue weighted by Gasteiger charge is -2.34. The normalized spacial score (nSPS) is 15.8. The van der Waals surface area contributed by atoms with E-state index in [9.17, 15) is 9.59 Å². The van der Waals surface area contributed by atoms with Crippen LogP contribution in [0.4, 0.5) is 0 Å². The first-order chi connectivity index (χ1) is 8.22.